The van der Waals surface area contributed by atoms with Crippen molar-refractivity contribution in [2.75, 3.05) is 13.2 Å². The highest BCUT2D eigenvalue weighted by atomic mass is 16.5. The number of rotatable bonds is 6. The molecule has 0 unspecified atom stereocenters. The zero-order valence-electron chi connectivity index (χ0n) is 11.4. The Balaban J connectivity index is 1.82. The molecule has 2 rings (SSSR count). The summed E-state index contributed by atoms with van der Waals surface area (Å²) in [6, 6.07) is 0.539. The number of nitrogens with one attached hydrogen (secondary N) is 1. The molecule has 0 spiro atoms. The summed E-state index contributed by atoms with van der Waals surface area (Å²) in [5.74, 6) is 0.809. The van der Waals surface area contributed by atoms with E-state index in [2.05, 4.69) is 29.1 Å². The maximum Gasteiger partial charge on any atom is 0.219 e. The van der Waals surface area contributed by atoms with E-state index < -0.39 is 0 Å². The minimum atomic E-state index is 0.539. The quantitative estimate of drug-likeness (QED) is 0.785. The van der Waals surface area contributed by atoms with Gasteiger partial charge in [-0.1, -0.05) is 13.8 Å². The number of ether oxygens (including phenoxy) is 1. The van der Waals surface area contributed by atoms with E-state index in [0.29, 0.717) is 6.04 Å². The van der Waals surface area contributed by atoms with Crippen LogP contribution in [-0.4, -0.2) is 29.2 Å². The fourth-order valence-electron chi connectivity index (χ4n) is 2.25. The van der Waals surface area contributed by atoms with Gasteiger partial charge in [-0.3, -0.25) is 0 Å². The molecule has 0 aromatic carbocycles. The maximum absolute atomic E-state index is 5.80. The summed E-state index contributed by atoms with van der Waals surface area (Å²) < 4.78 is 5.80. The molecular formula is C14H23N3O. The molecule has 18 heavy (non-hydrogen) atoms. The van der Waals surface area contributed by atoms with Gasteiger partial charge in [-0.05, 0) is 38.6 Å². The van der Waals surface area contributed by atoms with Gasteiger partial charge in [-0.15, -0.1) is 0 Å². The third-order valence-corrected chi connectivity index (χ3v) is 3.20. The van der Waals surface area contributed by atoms with Crippen LogP contribution in [0.3, 0.4) is 0 Å². The van der Waals surface area contributed by atoms with Crippen molar-refractivity contribution in [1.82, 2.24) is 15.3 Å². The van der Waals surface area contributed by atoms with Crippen molar-refractivity contribution in [3.05, 3.63) is 17.6 Å². The lowest BCUT2D eigenvalue weighted by Gasteiger charge is -2.17. The van der Waals surface area contributed by atoms with E-state index in [9.17, 15) is 0 Å². The minimum Gasteiger partial charge on any atom is -0.477 e. The molecule has 100 valence electrons. The van der Waals surface area contributed by atoms with Gasteiger partial charge in [0.1, 0.15) is 6.33 Å². The first kappa shape index (κ1) is 13.3. The Bertz CT molecular complexity index is 379. The molecule has 1 N–H and O–H groups in total. The van der Waals surface area contributed by atoms with Gasteiger partial charge >= 0.3 is 0 Å². The zero-order chi connectivity index (χ0) is 12.8. The van der Waals surface area contributed by atoms with Crippen LogP contribution in [0.2, 0.25) is 0 Å². The SMILES string of the molecule is CC(C)NCCCOc1ncnc2c1CCCC2. The second-order valence-electron chi connectivity index (χ2n) is 5.12. The summed E-state index contributed by atoms with van der Waals surface area (Å²) in [5, 5.41) is 3.38. The van der Waals surface area contributed by atoms with Crippen molar-refractivity contribution in [1.29, 1.82) is 0 Å². The Morgan fingerprint density at radius 2 is 2.11 bits per heavy atom. The topological polar surface area (TPSA) is 47.0 Å². The average Bonchev–Trinajstić information content (AvgIpc) is 2.38. The van der Waals surface area contributed by atoms with E-state index in [4.69, 9.17) is 4.74 Å². The first-order valence-corrected chi connectivity index (χ1v) is 6.96. The maximum atomic E-state index is 5.80. The Labute approximate surface area is 109 Å². The van der Waals surface area contributed by atoms with Gasteiger partial charge in [0.15, 0.2) is 0 Å². The summed E-state index contributed by atoms with van der Waals surface area (Å²) in [6.07, 6.45) is 7.25. The van der Waals surface area contributed by atoms with Gasteiger partial charge in [0, 0.05) is 11.6 Å². The summed E-state index contributed by atoms with van der Waals surface area (Å²) >= 11 is 0. The Hall–Kier alpha value is -1.16. The van der Waals surface area contributed by atoms with Crippen molar-refractivity contribution in [3.63, 3.8) is 0 Å². The van der Waals surface area contributed by atoms with E-state index in [0.717, 1.165) is 38.3 Å². The molecule has 0 radical (unpaired) electrons. The van der Waals surface area contributed by atoms with Crippen LogP contribution in [0.4, 0.5) is 0 Å². The van der Waals surface area contributed by atoms with Crippen molar-refractivity contribution < 1.29 is 4.74 Å². The molecule has 1 aliphatic rings. The Kier molecular flexibility index (Phi) is 4.93. The normalized spacial score (nSPS) is 14.6. The minimum absolute atomic E-state index is 0.539. The molecule has 0 aliphatic heterocycles. The summed E-state index contributed by atoms with van der Waals surface area (Å²) in [5.41, 5.74) is 2.42. The van der Waals surface area contributed by atoms with Crippen LogP contribution < -0.4 is 10.1 Å². The van der Waals surface area contributed by atoms with Crippen molar-refractivity contribution >= 4 is 0 Å². The zero-order valence-corrected chi connectivity index (χ0v) is 11.4. The number of aromatic nitrogens is 2. The van der Waals surface area contributed by atoms with Crippen LogP contribution in [0.1, 0.15) is 44.4 Å². The van der Waals surface area contributed by atoms with Crippen LogP contribution in [0.25, 0.3) is 0 Å². The predicted octanol–water partition coefficient (Wildman–Crippen LogP) is 2.12. The van der Waals surface area contributed by atoms with Crippen LogP contribution in [-0.2, 0) is 12.8 Å². The van der Waals surface area contributed by atoms with Gasteiger partial charge in [0.05, 0.1) is 12.3 Å². The van der Waals surface area contributed by atoms with Crippen molar-refractivity contribution in [2.45, 2.75) is 52.0 Å². The molecule has 0 atom stereocenters. The number of hydrogen-bond donors (Lipinski definition) is 1. The Morgan fingerprint density at radius 3 is 2.94 bits per heavy atom. The standard InChI is InChI=1S/C14H23N3O/c1-11(2)15-8-5-9-18-14-12-6-3-4-7-13(12)16-10-17-14/h10-11,15H,3-9H2,1-2H3. The molecular weight excluding hydrogens is 226 g/mol. The van der Waals surface area contributed by atoms with Gasteiger partial charge in [0.2, 0.25) is 5.88 Å². The second kappa shape index (κ2) is 6.69. The lowest BCUT2D eigenvalue weighted by Crippen LogP contribution is -2.25. The van der Waals surface area contributed by atoms with Gasteiger partial charge < -0.3 is 10.1 Å². The van der Waals surface area contributed by atoms with E-state index in [1.165, 1.54) is 24.1 Å². The van der Waals surface area contributed by atoms with Crippen molar-refractivity contribution in [3.8, 4) is 5.88 Å². The smallest absolute Gasteiger partial charge is 0.219 e. The molecule has 1 aromatic rings. The highest BCUT2D eigenvalue weighted by molar-refractivity contribution is 5.31. The first-order valence-electron chi connectivity index (χ1n) is 6.96. The monoisotopic (exact) mass is 249 g/mol. The lowest BCUT2D eigenvalue weighted by atomic mass is 9.97. The third-order valence-electron chi connectivity index (χ3n) is 3.20. The van der Waals surface area contributed by atoms with Gasteiger partial charge in [-0.2, -0.15) is 0 Å². The predicted molar refractivity (Wildman–Crippen MR) is 71.9 cm³/mol. The van der Waals surface area contributed by atoms with Gasteiger partial charge in [0.25, 0.3) is 0 Å². The largest absolute Gasteiger partial charge is 0.477 e. The molecule has 0 saturated heterocycles. The van der Waals surface area contributed by atoms with E-state index in [-0.39, 0.29) is 0 Å². The highest BCUT2D eigenvalue weighted by Crippen LogP contribution is 2.25. The fourth-order valence-corrected chi connectivity index (χ4v) is 2.25. The van der Waals surface area contributed by atoms with E-state index in [1.54, 1.807) is 6.33 Å². The lowest BCUT2D eigenvalue weighted by molar-refractivity contribution is 0.289. The van der Waals surface area contributed by atoms with Crippen LogP contribution >= 0.6 is 0 Å². The summed E-state index contributed by atoms with van der Waals surface area (Å²) in [4.78, 5) is 8.62. The first-order chi connectivity index (χ1) is 8.77. The van der Waals surface area contributed by atoms with Crippen LogP contribution in [0.5, 0.6) is 5.88 Å². The number of fused-ring (bicyclic) bond motifs is 1. The molecule has 1 aliphatic carbocycles. The molecule has 0 saturated carbocycles. The van der Waals surface area contributed by atoms with Crippen molar-refractivity contribution in [2.24, 2.45) is 0 Å². The van der Waals surface area contributed by atoms with Gasteiger partial charge in [-0.25, -0.2) is 9.97 Å². The number of hydrogen-bond acceptors (Lipinski definition) is 4. The summed E-state index contributed by atoms with van der Waals surface area (Å²) in [7, 11) is 0. The third kappa shape index (κ3) is 3.67. The Morgan fingerprint density at radius 1 is 1.28 bits per heavy atom. The van der Waals surface area contributed by atoms with E-state index in [1.807, 2.05) is 0 Å². The molecule has 0 fully saturated rings. The summed E-state index contributed by atoms with van der Waals surface area (Å²) in [6.45, 7) is 6.03. The molecule has 0 bridgehead atoms. The van der Waals surface area contributed by atoms with Crippen LogP contribution in [0.15, 0.2) is 6.33 Å². The molecule has 1 heterocycles. The fraction of sp³-hybridized carbons (Fsp3) is 0.714. The number of nitrogens with zero attached hydrogens (tertiary/aromatic N) is 2. The molecule has 1 aromatic heterocycles. The second-order valence-corrected chi connectivity index (χ2v) is 5.12. The highest BCUT2D eigenvalue weighted by Gasteiger charge is 2.16. The average molecular weight is 249 g/mol. The molecule has 4 heteroatoms. The van der Waals surface area contributed by atoms with Crippen LogP contribution in [0, 0.1) is 0 Å². The molecule has 4 nitrogen and oxygen atoms in total. The number of aryl methyl sites for hydroxylation is 1. The van der Waals surface area contributed by atoms with E-state index >= 15 is 0 Å². The molecule has 0 amide bonds.